The van der Waals surface area contributed by atoms with E-state index in [1.54, 1.807) is 7.05 Å². The Kier molecular flexibility index (Phi) is 11.7. The van der Waals surface area contributed by atoms with E-state index < -0.39 is 12.0 Å². The number of aliphatic carboxylic acids is 1. The summed E-state index contributed by atoms with van der Waals surface area (Å²) in [4.78, 5) is 32.9. The summed E-state index contributed by atoms with van der Waals surface area (Å²) in [7, 11) is 1.56. The maximum Gasteiger partial charge on any atom is 0.320 e. The molecule has 0 aromatic heterocycles. The smallest absolute Gasteiger partial charge is 0.320 e. The first kappa shape index (κ1) is 19.7. The Labute approximate surface area is 125 Å². The highest BCUT2D eigenvalue weighted by molar-refractivity contribution is 5.80. The van der Waals surface area contributed by atoms with E-state index in [1.165, 1.54) is 6.92 Å². The van der Waals surface area contributed by atoms with E-state index in [9.17, 15) is 14.4 Å². The summed E-state index contributed by atoms with van der Waals surface area (Å²) in [6, 6.07) is -0.677. The predicted octanol–water partition coefficient (Wildman–Crippen LogP) is 0.411. The molecule has 0 saturated carbocycles. The van der Waals surface area contributed by atoms with E-state index >= 15 is 0 Å². The third-order valence-corrected chi connectivity index (χ3v) is 2.78. The van der Waals surface area contributed by atoms with Gasteiger partial charge in [-0.3, -0.25) is 14.4 Å². The van der Waals surface area contributed by atoms with Gasteiger partial charge >= 0.3 is 5.97 Å². The molecule has 0 spiro atoms. The van der Waals surface area contributed by atoms with Crippen molar-refractivity contribution in [3.63, 3.8) is 0 Å². The van der Waals surface area contributed by atoms with Crippen LogP contribution in [0, 0.1) is 0 Å². The normalized spacial score (nSPS) is 12.1. The Morgan fingerprint density at radius 2 is 1.76 bits per heavy atom. The quantitative estimate of drug-likeness (QED) is 0.448. The number of hydrogen-bond acceptors (Lipinski definition) is 6. The van der Waals surface area contributed by atoms with Crippen LogP contribution in [-0.4, -0.2) is 62.2 Å². The van der Waals surface area contributed by atoms with Crippen LogP contribution in [0.1, 0.15) is 32.6 Å². The van der Waals surface area contributed by atoms with Gasteiger partial charge in [0, 0.05) is 19.4 Å². The fourth-order valence-electron chi connectivity index (χ4n) is 1.63. The van der Waals surface area contributed by atoms with Crippen LogP contribution in [0.3, 0.4) is 0 Å². The monoisotopic (exact) mass is 303 g/mol. The number of carbonyl (C=O) groups is 3. The van der Waals surface area contributed by atoms with Crippen LogP contribution in [0.15, 0.2) is 0 Å². The lowest BCUT2D eigenvalue weighted by Gasteiger charge is -2.10. The Hall–Kier alpha value is -1.31. The number of hydrogen-bond donors (Lipinski definition) is 2. The molecule has 0 saturated heterocycles. The molecule has 0 fully saturated rings. The van der Waals surface area contributed by atoms with E-state index in [2.05, 4.69) is 5.32 Å². The van der Waals surface area contributed by atoms with Gasteiger partial charge in [0.15, 0.2) is 5.78 Å². The van der Waals surface area contributed by atoms with E-state index in [4.69, 9.17) is 14.6 Å². The summed E-state index contributed by atoms with van der Waals surface area (Å²) >= 11 is 0. The average molecular weight is 303 g/mol. The number of carbonyl (C=O) groups excluding carboxylic acids is 2. The zero-order valence-electron chi connectivity index (χ0n) is 12.7. The Morgan fingerprint density at radius 3 is 2.33 bits per heavy atom. The highest BCUT2D eigenvalue weighted by Gasteiger charge is 2.15. The van der Waals surface area contributed by atoms with Gasteiger partial charge in [0.1, 0.15) is 18.4 Å². The minimum Gasteiger partial charge on any atom is -0.480 e. The number of Topliss-reactive ketones (excluding diaryl/α,β-unsaturated/α-hetero) is 2. The van der Waals surface area contributed by atoms with Gasteiger partial charge in [-0.2, -0.15) is 0 Å². The van der Waals surface area contributed by atoms with Crippen LogP contribution in [0.5, 0.6) is 0 Å². The minimum atomic E-state index is -0.945. The SMILES string of the molecule is CN[C@@H](CCC(=O)CCCOCCOCC(C)=O)C(=O)O. The molecule has 0 radical (unpaired) electrons. The number of nitrogens with one attached hydrogen (secondary N) is 1. The molecule has 0 aliphatic rings. The van der Waals surface area contributed by atoms with Crippen LogP contribution in [0.4, 0.5) is 0 Å². The standard InChI is InChI=1S/C14H25NO6/c1-11(16)10-21-9-8-20-7-3-4-12(17)5-6-13(15-2)14(18)19/h13,15H,3-10H2,1-2H3,(H,18,19)/t13-/m0/s1. The molecule has 21 heavy (non-hydrogen) atoms. The summed E-state index contributed by atoms with van der Waals surface area (Å²) in [6.07, 6.45) is 1.52. The third kappa shape index (κ3) is 12.2. The fraction of sp³-hybridized carbons (Fsp3) is 0.786. The number of carboxylic acid groups (broad SMARTS) is 1. The first-order valence-electron chi connectivity index (χ1n) is 7.04. The molecule has 2 N–H and O–H groups in total. The van der Waals surface area contributed by atoms with Gasteiger partial charge in [0.05, 0.1) is 13.2 Å². The van der Waals surface area contributed by atoms with Crippen LogP contribution >= 0.6 is 0 Å². The maximum absolute atomic E-state index is 11.6. The predicted molar refractivity (Wildman–Crippen MR) is 76.3 cm³/mol. The zero-order valence-corrected chi connectivity index (χ0v) is 12.7. The molecular weight excluding hydrogens is 278 g/mol. The van der Waals surface area contributed by atoms with E-state index in [0.717, 1.165) is 0 Å². The topological polar surface area (TPSA) is 102 Å². The summed E-state index contributed by atoms with van der Waals surface area (Å²) in [5, 5.41) is 11.5. The lowest BCUT2D eigenvalue weighted by Crippen LogP contribution is -2.34. The number of rotatable bonds is 14. The number of ketones is 2. The van der Waals surface area contributed by atoms with Gasteiger partial charge in [-0.25, -0.2) is 0 Å². The van der Waals surface area contributed by atoms with Crippen molar-refractivity contribution in [3.8, 4) is 0 Å². The molecule has 0 heterocycles. The van der Waals surface area contributed by atoms with Crippen LogP contribution in [0.25, 0.3) is 0 Å². The molecule has 7 nitrogen and oxygen atoms in total. The van der Waals surface area contributed by atoms with Crippen LogP contribution < -0.4 is 5.32 Å². The zero-order chi connectivity index (χ0) is 16.1. The maximum atomic E-state index is 11.6. The van der Waals surface area contributed by atoms with E-state index in [-0.39, 0.29) is 24.6 Å². The molecule has 7 heteroatoms. The molecule has 122 valence electrons. The van der Waals surface area contributed by atoms with Gasteiger partial charge in [0.25, 0.3) is 0 Å². The lowest BCUT2D eigenvalue weighted by molar-refractivity contribution is -0.139. The Morgan fingerprint density at radius 1 is 1.10 bits per heavy atom. The molecule has 0 aliphatic carbocycles. The van der Waals surface area contributed by atoms with Crippen molar-refractivity contribution in [1.29, 1.82) is 0 Å². The average Bonchev–Trinajstić information content (AvgIpc) is 2.41. The molecule has 0 unspecified atom stereocenters. The second-order valence-corrected chi connectivity index (χ2v) is 4.73. The highest BCUT2D eigenvalue weighted by Crippen LogP contribution is 2.03. The molecule has 1 atom stereocenters. The summed E-state index contributed by atoms with van der Waals surface area (Å²) < 4.78 is 10.3. The van der Waals surface area contributed by atoms with Gasteiger partial charge in [-0.1, -0.05) is 0 Å². The van der Waals surface area contributed by atoms with Crippen LogP contribution in [-0.2, 0) is 23.9 Å². The molecular formula is C14H25NO6. The third-order valence-electron chi connectivity index (χ3n) is 2.78. The van der Waals surface area contributed by atoms with Gasteiger partial charge < -0.3 is 19.9 Å². The minimum absolute atomic E-state index is 0.0261. The summed E-state index contributed by atoms with van der Waals surface area (Å²) in [5.74, 6) is -0.936. The van der Waals surface area contributed by atoms with Gasteiger partial charge in [-0.05, 0) is 26.8 Å². The lowest BCUT2D eigenvalue weighted by atomic mass is 10.1. The first-order valence-corrected chi connectivity index (χ1v) is 7.04. The van der Waals surface area contributed by atoms with E-state index in [1.807, 2.05) is 0 Å². The summed E-state index contributed by atoms with van der Waals surface area (Å²) in [6.45, 7) is 2.75. The van der Waals surface area contributed by atoms with Crippen molar-refractivity contribution in [1.82, 2.24) is 5.32 Å². The first-order chi connectivity index (χ1) is 9.97. The van der Waals surface area contributed by atoms with Crippen molar-refractivity contribution >= 4 is 17.5 Å². The molecule has 0 amide bonds. The number of carboxylic acids is 1. The van der Waals surface area contributed by atoms with E-state index in [0.29, 0.717) is 39.1 Å². The van der Waals surface area contributed by atoms with Crippen LogP contribution in [0.2, 0.25) is 0 Å². The van der Waals surface area contributed by atoms with Crippen molar-refractivity contribution in [2.24, 2.45) is 0 Å². The largest absolute Gasteiger partial charge is 0.480 e. The van der Waals surface area contributed by atoms with Gasteiger partial charge in [-0.15, -0.1) is 0 Å². The molecule has 0 aromatic carbocycles. The van der Waals surface area contributed by atoms with Crippen molar-refractivity contribution in [2.45, 2.75) is 38.6 Å². The Bertz CT molecular complexity index is 331. The van der Waals surface area contributed by atoms with Crippen molar-refractivity contribution in [3.05, 3.63) is 0 Å². The van der Waals surface area contributed by atoms with Crippen molar-refractivity contribution < 1.29 is 29.0 Å². The molecule has 0 aromatic rings. The summed E-state index contributed by atoms with van der Waals surface area (Å²) in [5.41, 5.74) is 0. The number of likely N-dealkylation sites (N-methyl/N-ethyl adjacent to an activating group) is 1. The van der Waals surface area contributed by atoms with Crippen molar-refractivity contribution in [2.75, 3.05) is 33.5 Å². The van der Waals surface area contributed by atoms with Gasteiger partial charge in [0.2, 0.25) is 0 Å². The second kappa shape index (κ2) is 12.4. The molecule has 0 aliphatic heterocycles. The highest BCUT2D eigenvalue weighted by atomic mass is 16.5. The molecule has 0 rings (SSSR count). The Balaban J connectivity index is 3.45. The second-order valence-electron chi connectivity index (χ2n) is 4.73. The number of ether oxygens (including phenoxy) is 2. The molecule has 0 bridgehead atoms. The fourth-order valence-corrected chi connectivity index (χ4v) is 1.63.